The van der Waals surface area contributed by atoms with Crippen molar-refractivity contribution in [1.29, 1.82) is 0 Å². The fraction of sp³-hybridized carbons (Fsp3) is 0.231. The van der Waals surface area contributed by atoms with Gasteiger partial charge in [0.1, 0.15) is 24.3 Å². The average Bonchev–Trinajstić information content (AvgIpc) is 3.39. The molecule has 3 aromatic carbocycles. The molecule has 1 aliphatic rings. The van der Waals surface area contributed by atoms with Gasteiger partial charge in [0, 0.05) is 24.6 Å². The van der Waals surface area contributed by atoms with Crippen LogP contribution in [0.25, 0.3) is 11.0 Å². The predicted octanol–water partition coefficient (Wildman–Crippen LogP) is 4.00. The highest BCUT2D eigenvalue weighted by molar-refractivity contribution is 5.96. The highest BCUT2D eigenvalue weighted by Crippen LogP contribution is 2.33. The highest BCUT2D eigenvalue weighted by Gasteiger charge is 2.35. The van der Waals surface area contributed by atoms with Gasteiger partial charge < -0.3 is 19.3 Å². The minimum Gasteiger partial charge on any atom is -0.491 e. The molecule has 4 aromatic rings. The van der Waals surface area contributed by atoms with Gasteiger partial charge in [0.15, 0.2) is 0 Å². The molecule has 162 valence electrons. The number of nitrogens with zero attached hydrogens (tertiary/aromatic N) is 3. The highest BCUT2D eigenvalue weighted by atomic mass is 16.5. The van der Waals surface area contributed by atoms with E-state index in [9.17, 15) is 9.90 Å². The van der Waals surface area contributed by atoms with Crippen LogP contribution in [0.1, 0.15) is 18.2 Å². The number of rotatable bonds is 7. The zero-order valence-corrected chi connectivity index (χ0v) is 17.7. The monoisotopic (exact) mass is 427 g/mol. The number of ether oxygens (including phenoxy) is 1. The molecule has 32 heavy (non-hydrogen) atoms. The number of hydrogen-bond acceptors (Lipinski definition) is 4. The van der Waals surface area contributed by atoms with Crippen LogP contribution in [-0.4, -0.2) is 39.8 Å². The van der Waals surface area contributed by atoms with Gasteiger partial charge >= 0.3 is 0 Å². The van der Waals surface area contributed by atoms with Gasteiger partial charge in [0.2, 0.25) is 5.91 Å². The normalized spacial score (nSPS) is 17.1. The lowest BCUT2D eigenvalue weighted by Gasteiger charge is -2.19. The third kappa shape index (κ3) is 4.09. The van der Waals surface area contributed by atoms with Gasteiger partial charge in [-0.2, -0.15) is 0 Å². The second-order valence-corrected chi connectivity index (χ2v) is 8.09. The standard InChI is InChI=1S/C26H25N3O3/c30-21(18-32-22-11-5-2-6-12-22)17-29-24-14-8-7-13-23(24)27-26(29)19-15-25(31)28(16-19)20-9-3-1-4-10-20/h1-14,19,21,30H,15-18H2/t19-,21-/m0/s1. The zero-order valence-electron chi connectivity index (χ0n) is 17.7. The summed E-state index contributed by atoms with van der Waals surface area (Å²) in [5.41, 5.74) is 2.72. The molecule has 0 bridgehead atoms. The minimum absolute atomic E-state index is 0.0441. The largest absolute Gasteiger partial charge is 0.491 e. The second kappa shape index (κ2) is 8.85. The quantitative estimate of drug-likeness (QED) is 0.484. The number of carbonyl (C=O) groups excluding carboxylic acids is 1. The number of aliphatic hydroxyl groups is 1. The van der Waals surface area contributed by atoms with E-state index in [1.165, 1.54) is 0 Å². The van der Waals surface area contributed by atoms with Gasteiger partial charge in [-0.1, -0.05) is 48.5 Å². The Bertz CT molecular complexity index is 1210. The van der Waals surface area contributed by atoms with Crippen molar-refractivity contribution in [1.82, 2.24) is 9.55 Å². The molecule has 1 saturated heterocycles. The van der Waals surface area contributed by atoms with Crippen molar-refractivity contribution < 1.29 is 14.6 Å². The third-order valence-electron chi connectivity index (χ3n) is 5.82. The first-order chi connectivity index (χ1) is 15.7. The van der Waals surface area contributed by atoms with Crippen molar-refractivity contribution in [3.8, 4) is 5.75 Å². The van der Waals surface area contributed by atoms with Crippen LogP contribution < -0.4 is 9.64 Å². The van der Waals surface area contributed by atoms with Crippen molar-refractivity contribution >= 4 is 22.6 Å². The number of amides is 1. The molecule has 0 unspecified atom stereocenters. The molecule has 6 heteroatoms. The summed E-state index contributed by atoms with van der Waals surface area (Å²) < 4.78 is 7.78. The van der Waals surface area contributed by atoms with E-state index in [0.717, 1.165) is 28.3 Å². The van der Waals surface area contributed by atoms with Crippen LogP contribution >= 0.6 is 0 Å². The molecule has 1 aliphatic heterocycles. The summed E-state index contributed by atoms with van der Waals surface area (Å²) in [6.45, 7) is 1.09. The second-order valence-electron chi connectivity index (χ2n) is 8.09. The smallest absolute Gasteiger partial charge is 0.227 e. The molecule has 2 atom stereocenters. The van der Waals surface area contributed by atoms with Crippen molar-refractivity contribution in [3.05, 3.63) is 90.8 Å². The molecule has 1 N–H and O–H groups in total. The Hall–Kier alpha value is -3.64. The Morgan fingerprint density at radius 2 is 1.66 bits per heavy atom. The van der Waals surface area contributed by atoms with Crippen LogP contribution in [0.3, 0.4) is 0 Å². The van der Waals surface area contributed by atoms with Gasteiger partial charge in [-0.15, -0.1) is 0 Å². The fourth-order valence-corrected chi connectivity index (χ4v) is 4.31. The number of para-hydroxylation sites is 4. The summed E-state index contributed by atoms with van der Waals surface area (Å²) in [5.74, 6) is 1.60. The lowest BCUT2D eigenvalue weighted by Crippen LogP contribution is -2.26. The number of fused-ring (bicyclic) bond motifs is 1. The van der Waals surface area contributed by atoms with E-state index in [-0.39, 0.29) is 18.4 Å². The molecule has 1 aromatic heterocycles. The Kier molecular flexibility index (Phi) is 5.60. The summed E-state index contributed by atoms with van der Waals surface area (Å²) in [4.78, 5) is 19.5. The lowest BCUT2D eigenvalue weighted by molar-refractivity contribution is -0.117. The molecule has 0 spiro atoms. The van der Waals surface area contributed by atoms with E-state index in [2.05, 4.69) is 0 Å². The number of anilines is 1. The van der Waals surface area contributed by atoms with Crippen molar-refractivity contribution in [2.45, 2.75) is 25.0 Å². The maximum absolute atomic E-state index is 12.8. The number of aliphatic hydroxyl groups excluding tert-OH is 1. The van der Waals surface area contributed by atoms with Crippen LogP contribution in [0.4, 0.5) is 5.69 Å². The van der Waals surface area contributed by atoms with Crippen LogP contribution in [-0.2, 0) is 11.3 Å². The van der Waals surface area contributed by atoms with E-state index >= 15 is 0 Å². The summed E-state index contributed by atoms with van der Waals surface area (Å²) in [6.07, 6.45) is -0.316. The molecule has 1 amide bonds. The van der Waals surface area contributed by atoms with Crippen molar-refractivity contribution in [2.75, 3.05) is 18.1 Å². The maximum atomic E-state index is 12.8. The van der Waals surface area contributed by atoms with Crippen LogP contribution in [0.2, 0.25) is 0 Å². The molecular formula is C26H25N3O3. The maximum Gasteiger partial charge on any atom is 0.227 e. The Morgan fingerprint density at radius 3 is 2.44 bits per heavy atom. The van der Waals surface area contributed by atoms with Gasteiger partial charge in [-0.25, -0.2) is 4.98 Å². The first-order valence-corrected chi connectivity index (χ1v) is 10.9. The fourth-order valence-electron chi connectivity index (χ4n) is 4.31. The number of benzene rings is 3. The van der Waals surface area contributed by atoms with Crippen molar-refractivity contribution in [3.63, 3.8) is 0 Å². The van der Waals surface area contributed by atoms with E-state index in [1.54, 1.807) is 0 Å². The molecule has 0 saturated carbocycles. The number of imidazole rings is 1. The topological polar surface area (TPSA) is 67.6 Å². The van der Waals surface area contributed by atoms with Crippen LogP contribution in [0.5, 0.6) is 5.75 Å². The van der Waals surface area contributed by atoms with Gasteiger partial charge in [-0.05, 0) is 36.4 Å². The minimum atomic E-state index is -0.714. The molecule has 0 aliphatic carbocycles. The summed E-state index contributed by atoms with van der Waals surface area (Å²) in [6, 6.07) is 27.1. The zero-order chi connectivity index (χ0) is 21.9. The van der Waals surface area contributed by atoms with E-state index in [0.29, 0.717) is 19.5 Å². The summed E-state index contributed by atoms with van der Waals surface area (Å²) in [5, 5.41) is 10.7. The van der Waals surface area contributed by atoms with Gasteiger partial charge in [0.05, 0.1) is 17.6 Å². The Morgan fingerprint density at radius 1 is 0.969 bits per heavy atom. The molecular weight excluding hydrogens is 402 g/mol. The van der Waals surface area contributed by atoms with Crippen LogP contribution in [0, 0.1) is 0 Å². The van der Waals surface area contributed by atoms with Gasteiger partial charge in [-0.3, -0.25) is 4.79 Å². The van der Waals surface area contributed by atoms with Gasteiger partial charge in [0.25, 0.3) is 0 Å². The van der Waals surface area contributed by atoms with Crippen LogP contribution in [0.15, 0.2) is 84.9 Å². The number of hydrogen-bond donors (Lipinski definition) is 1. The summed E-state index contributed by atoms with van der Waals surface area (Å²) in [7, 11) is 0. The average molecular weight is 428 g/mol. The molecule has 1 fully saturated rings. The van der Waals surface area contributed by atoms with E-state index < -0.39 is 6.10 Å². The molecule has 0 radical (unpaired) electrons. The SMILES string of the molecule is O=C1C[C@H](c2nc3ccccc3n2C[C@H](O)COc2ccccc2)CN1c1ccccc1. The van der Waals surface area contributed by atoms with E-state index in [1.807, 2.05) is 94.4 Å². The number of carbonyl (C=O) groups is 1. The molecule has 6 nitrogen and oxygen atoms in total. The molecule has 2 heterocycles. The number of aromatic nitrogens is 2. The first-order valence-electron chi connectivity index (χ1n) is 10.9. The Balaban J connectivity index is 1.39. The lowest BCUT2D eigenvalue weighted by atomic mass is 10.1. The third-order valence-corrected chi connectivity index (χ3v) is 5.82. The predicted molar refractivity (Wildman–Crippen MR) is 124 cm³/mol. The first kappa shape index (κ1) is 20.3. The van der Waals surface area contributed by atoms with Crippen molar-refractivity contribution in [2.24, 2.45) is 0 Å². The molecule has 5 rings (SSSR count). The summed E-state index contributed by atoms with van der Waals surface area (Å²) >= 11 is 0. The van der Waals surface area contributed by atoms with E-state index in [4.69, 9.17) is 9.72 Å². The Labute approximate surface area is 186 Å².